The molecule has 0 aliphatic carbocycles. The average Bonchev–Trinajstić information content (AvgIpc) is 3.06. The van der Waals surface area contributed by atoms with E-state index in [0.717, 1.165) is 6.54 Å². The van der Waals surface area contributed by atoms with Crippen molar-refractivity contribution in [1.29, 1.82) is 0 Å². The molecular formula is C27H30N2O. The monoisotopic (exact) mass is 398 g/mol. The van der Waals surface area contributed by atoms with Crippen LogP contribution >= 0.6 is 0 Å². The molecule has 0 saturated heterocycles. The minimum absolute atomic E-state index is 0.126. The van der Waals surface area contributed by atoms with Crippen LogP contribution in [0, 0.1) is 6.92 Å². The number of aryl methyl sites for hydroxylation is 1. The summed E-state index contributed by atoms with van der Waals surface area (Å²) in [6, 6.07) is 27.8. The summed E-state index contributed by atoms with van der Waals surface area (Å²) >= 11 is 0. The van der Waals surface area contributed by atoms with Gasteiger partial charge in [0.25, 0.3) is 0 Å². The second kappa shape index (κ2) is 8.76. The second-order valence-corrected chi connectivity index (χ2v) is 7.92. The highest BCUT2D eigenvalue weighted by atomic mass is 16.5. The highest BCUT2D eigenvalue weighted by Crippen LogP contribution is 2.37. The summed E-state index contributed by atoms with van der Waals surface area (Å²) in [4.78, 5) is 2.12. The van der Waals surface area contributed by atoms with Gasteiger partial charge in [-0.1, -0.05) is 60.7 Å². The summed E-state index contributed by atoms with van der Waals surface area (Å²) in [5, 5.41) is 1.27. The highest BCUT2D eigenvalue weighted by molar-refractivity contribution is 5.86. The zero-order valence-corrected chi connectivity index (χ0v) is 18.3. The summed E-state index contributed by atoms with van der Waals surface area (Å²) in [5.41, 5.74) is 7.36. The van der Waals surface area contributed by atoms with Gasteiger partial charge in [-0.2, -0.15) is 0 Å². The molecule has 0 N–H and O–H groups in total. The van der Waals surface area contributed by atoms with Crippen molar-refractivity contribution in [3.63, 3.8) is 0 Å². The third-order valence-corrected chi connectivity index (χ3v) is 5.83. The molecule has 3 heteroatoms. The van der Waals surface area contributed by atoms with E-state index in [9.17, 15) is 0 Å². The van der Waals surface area contributed by atoms with Crippen molar-refractivity contribution in [1.82, 2.24) is 4.57 Å². The van der Waals surface area contributed by atoms with E-state index in [1.165, 1.54) is 39.0 Å². The Balaban J connectivity index is 1.81. The zero-order valence-electron chi connectivity index (χ0n) is 18.3. The van der Waals surface area contributed by atoms with Gasteiger partial charge in [0.05, 0.1) is 6.61 Å². The Morgan fingerprint density at radius 2 is 1.53 bits per heavy atom. The van der Waals surface area contributed by atoms with E-state index < -0.39 is 0 Å². The molecule has 0 aliphatic rings. The van der Waals surface area contributed by atoms with Gasteiger partial charge in [-0.25, -0.2) is 0 Å². The van der Waals surface area contributed by atoms with E-state index >= 15 is 0 Å². The van der Waals surface area contributed by atoms with Gasteiger partial charge < -0.3 is 14.2 Å². The number of ether oxygens (including phenoxy) is 1. The van der Waals surface area contributed by atoms with Gasteiger partial charge in [-0.15, -0.1) is 0 Å². The third-order valence-electron chi connectivity index (χ3n) is 5.83. The molecule has 0 saturated carbocycles. The van der Waals surface area contributed by atoms with Gasteiger partial charge in [0.1, 0.15) is 6.10 Å². The first-order valence-corrected chi connectivity index (χ1v) is 10.6. The van der Waals surface area contributed by atoms with Crippen LogP contribution in [0.5, 0.6) is 0 Å². The second-order valence-electron chi connectivity index (χ2n) is 7.92. The number of aromatic nitrogens is 1. The van der Waals surface area contributed by atoms with E-state index in [4.69, 9.17) is 4.74 Å². The average molecular weight is 399 g/mol. The molecule has 0 fully saturated rings. The number of rotatable bonds is 7. The van der Waals surface area contributed by atoms with Crippen LogP contribution < -0.4 is 4.90 Å². The fourth-order valence-electron chi connectivity index (χ4n) is 4.24. The van der Waals surface area contributed by atoms with Crippen LogP contribution in [0.25, 0.3) is 10.9 Å². The van der Waals surface area contributed by atoms with Crippen molar-refractivity contribution in [3.8, 4) is 0 Å². The Labute approximate surface area is 179 Å². The van der Waals surface area contributed by atoms with E-state index in [2.05, 4.69) is 110 Å². The standard InChI is InChI=1S/C27H30N2O/c1-5-29-20(2)26(24-13-9-10-14-25(24)29)27(30-19-21-11-7-6-8-12-21)22-15-17-23(18-16-22)28(3)4/h6-18,27H,5,19H2,1-4H3. The van der Waals surface area contributed by atoms with E-state index in [1.807, 2.05) is 6.07 Å². The minimum atomic E-state index is -0.126. The lowest BCUT2D eigenvalue weighted by molar-refractivity contribution is 0.0671. The van der Waals surface area contributed by atoms with Crippen molar-refractivity contribution in [2.45, 2.75) is 33.1 Å². The molecule has 4 rings (SSSR count). The lowest BCUT2D eigenvalue weighted by atomic mass is 9.98. The molecule has 0 spiro atoms. The molecule has 3 aromatic carbocycles. The summed E-state index contributed by atoms with van der Waals surface area (Å²) in [5.74, 6) is 0. The first-order chi connectivity index (χ1) is 14.6. The van der Waals surface area contributed by atoms with Gasteiger partial charge in [-0.05, 0) is 43.2 Å². The maximum Gasteiger partial charge on any atom is 0.110 e. The van der Waals surface area contributed by atoms with Crippen LogP contribution in [0.1, 0.15) is 35.4 Å². The number of hydrogen-bond donors (Lipinski definition) is 0. The quantitative estimate of drug-likeness (QED) is 0.361. The Morgan fingerprint density at radius 3 is 2.20 bits per heavy atom. The van der Waals surface area contributed by atoms with E-state index in [1.54, 1.807) is 0 Å². The summed E-state index contributed by atoms with van der Waals surface area (Å²) in [6.45, 7) is 5.93. The summed E-state index contributed by atoms with van der Waals surface area (Å²) in [7, 11) is 4.13. The van der Waals surface area contributed by atoms with Gasteiger partial charge in [-0.3, -0.25) is 0 Å². The largest absolute Gasteiger partial charge is 0.378 e. The lowest BCUT2D eigenvalue weighted by Gasteiger charge is -2.21. The molecular weight excluding hydrogens is 368 g/mol. The van der Waals surface area contributed by atoms with E-state index in [0.29, 0.717) is 6.61 Å². The maximum absolute atomic E-state index is 6.62. The predicted octanol–water partition coefficient (Wildman–Crippen LogP) is 6.34. The van der Waals surface area contributed by atoms with Gasteiger partial charge in [0, 0.05) is 48.5 Å². The molecule has 1 atom stereocenters. The highest BCUT2D eigenvalue weighted by Gasteiger charge is 2.24. The number of anilines is 1. The molecule has 0 radical (unpaired) electrons. The van der Waals surface area contributed by atoms with Crippen LogP contribution in [0.2, 0.25) is 0 Å². The molecule has 0 aliphatic heterocycles. The van der Waals surface area contributed by atoms with Gasteiger partial charge in [0.15, 0.2) is 0 Å². The van der Waals surface area contributed by atoms with Gasteiger partial charge >= 0.3 is 0 Å². The molecule has 30 heavy (non-hydrogen) atoms. The number of para-hydroxylation sites is 1. The van der Waals surface area contributed by atoms with Crippen molar-refractivity contribution >= 4 is 16.6 Å². The Kier molecular flexibility index (Phi) is 5.91. The fraction of sp³-hybridized carbons (Fsp3) is 0.259. The Hall–Kier alpha value is -3.04. The van der Waals surface area contributed by atoms with E-state index in [-0.39, 0.29) is 6.10 Å². The number of fused-ring (bicyclic) bond motifs is 1. The topological polar surface area (TPSA) is 17.4 Å². The molecule has 1 heterocycles. The zero-order chi connectivity index (χ0) is 21.1. The molecule has 1 unspecified atom stereocenters. The molecule has 0 bridgehead atoms. The number of benzene rings is 3. The predicted molar refractivity (Wildman–Crippen MR) is 126 cm³/mol. The van der Waals surface area contributed by atoms with Crippen LogP contribution in [-0.2, 0) is 17.9 Å². The van der Waals surface area contributed by atoms with Crippen LogP contribution in [0.15, 0.2) is 78.9 Å². The van der Waals surface area contributed by atoms with Crippen molar-refractivity contribution in [3.05, 3.63) is 101 Å². The fourth-order valence-corrected chi connectivity index (χ4v) is 4.24. The summed E-state index contributed by atoms with van der Waals surface area (Å²) < 4.78 is 9.01. The van der Waals surface area contributed by atoms with Crippen LogP contribution in [-0.4, -0.2) is 18.7 Å². The molecule has 3 nitrogen and oxygen atoms in total. The molecule has 0 amide bonds. The molecule has 154 valence electrons. The SMILES string of the molecule is CCn1c(C)c(C(OCc2ccccc2)c2ccc(N(C)C)cc2)c2ccccc21. The summed E-state index contributed by atoms with van der Waals surface area (Å²) in [6.07, 6.45) is -0.126. The first kappa shape index (κ1) is 20.2. The van der Waals surface area contributed by atoms with Crippen molar-refractivity contribution < 1.29 is 4.74 Å². The first-order valence-electron chi connectivity index (χ1n) is 10.6. The molecule has 1 aromatic heterocycles. The normalized spacial score (nSPS) is 12.3. The third kappa shape index (κ3) is 3.86. The smallest absolute Gasteiger partial charge is 0.110 e. The Morgan fingerprint density at radius 1 is 0.867 bits per heavy atom. The minimum Gasteiger partial charge on any atom is -0.378 e. The number of hydrogen-bond acceptors (Lipinski definition) is 2. The van der Waals surface area contributed by atoms with Gasteiger partial charge in [0.2, 0.25) is 0 Å². The lowest BCUT2D eigenvalue weighted by Crippen LogP contribution is -2.11. The van der Waals surface area contributed by atoms with Crippen LogP contribution in [0.4, 0.5) is 5.69 Å². The molecule has 4 aromatic rings. The Bertz CT molecular complexity index is 1110. The number of nitrogens with zero attached hydrogens (tertiary/aromatic N) is 2. The van der Waals surface area contributed by atoms with Crippen LogP contribution in [0.3, 0.4) is 0 Å². The maximum atomic E-state index is 6.62. The van der Waals surface area contributed by atoms with Crippen molar-refractivity contribution in [2.24, 2.45) is 0 Å². The van der Waals surface area contributed by atoms with Crippen molar-refractivity contribution in [2.75, 3.05) is 19.0 Å².